The van der Waals surface area contributed by atoms with Gasteiger partial charge in [-0.1, -0.05) is 45.9 Å². The fourth-order valence-electron chi connectivity index (χ4n) is 11.4. The van der Waals surface area contributed by atoms with Gasteiger partial charge in [0.05, 0.1) is 58.5 Å². The first-order valence-corrected chi connectivity index (χ1v) is 22.1. The molecule has 0 aromatic heterocycles. The Balaban J connectivity index is 1.35. The number of rotatable bonds is 5. The number of hydrazone groups is 1. The number of carbonyl (C=O) groups is 3. The average molecular weight is 874 g/mol. The largest absolute Gasteiger partial charge is 0.507 e. The third kappa shape index (κ3) is 8.39. The first-order valence-electron chi connectivity index (χ1n) is 22.1. The number of ether oxygens (including phenoxy) is 4. The van der Waals surface area contributed by atoms with Crippen LogP contribution in [0.15, 0.2) is 41.2 Å². The minimum atomic E-state index is -2.04. The lowest BCUT2D eigenvalue weighted by Crippen LogP contribution is -2.56. The zero-order valence-corrected chi connectivity index (χ0v) is 37.6. The number of hydrogen-bond acceptors (Lipinski definition) is 14. The standard InChI is InChI=1S/C48H63N3O12/c1-22-11-10-12-23(2)46(59)50-37-32(21-49-51-48-18-29-15-30(19-48)17-31(16-29)20-48)41(56)34-35(42(37)57)40(55)27(6)44-36(34)45(58)47(8,63-44)61-14-13-33(60-9)24(3)43(62-28(7)52)26(5)39(54)25(4)38(22)53/h10-14,21-22,24-26,29-31,33,38-39,43,51,53-57H,15-20H2,1-9H3,(H,50,59)/b11-10+,14-13+,23-12-,49-21+/t22-,24-,25-,26-,29?,30?,31?,33+,38+,39-,43-,47+,48?/m1/s1. The van der Waals surface area contributed by atoms with E-state index in [-0.39, 0.29) is 50.0 Å². The normalized spacial score (nSPS) is 37.6. The van der Waals surface area contributed by atoms with Crippen molar-refractivity contribution in [2.75, 3.05) is 12.4 Å². The molecule has 0 saturated heterocycles. The summed E-state index contributed by atoms with van der Waals surface area (Å²) in [4.78, 5) is 40.8. The van der Waals surface area contributed by atoms with Crippen LogP contribution >= 0.6 is 0 Å². The summed E-state index contributed by atoms with van der Waals surface area (Å²) in [5.41, 5.74) is 2.90. The highest BCUT2D eigenvalue weighted by Gasteiger charge is 2.52. The maximum Gasteiger partial charge on any atom is 0.312 e. The van der Waals surface area contributed by atoms with Crippen molar-refractivity contribution in [2.45, 2.75) is 130 Å². The van der Waals surface area contributed by atoms with Crippen molar-refractivity contribution in [2.24, 2.45) is 46.5 Å². The molecule has 4 aliphatic carbocycles. The van der Waals surface area contributed by atoms with Crippen LogP contribution in [0.2, 0.25) is 0 Å². The number of phenols is 3. The molecule has 9 bridgehead atoms. The summed E-state index contributed by atoms with van der Waals surface area (Å²) in [6, 6.07) is 0. The van der Waals surface area contributed by atoms with Crippen LogP contribution in [-0.2, 0) is 23.8 Å². The number of esters is 1. The van der Waals surface area contributed by atoms with E-state index in [0.29, 0.717) is 17.8 Å². The molecule has 4 saturated carbocycles. The topological polar surface area (TPSA) is 226 Å². The first-order chi connectivity index (χ1) is 29.7. The summed E-state index contributed by atoms with van der Waals surface area (Å²) >= 11 is 0. The number of aliphatic hydroxyl groups is 2. The lowest BCUT2D eigenvalue weighted by Gasteiger charge is -2.56. The van der Waals surface area contributed by atoms with Gasteiger partial charge in [-0.05, 0) is 76.2 Å². The number of Topliss-reactive ketones (excluding diaryl/α,β-unsaturated/α-hetero) is 1. The van der Waals surface area contributed by atoms with Gasteiger partial charge in [0.2, 0.25) is 0 Å². The van der Waals surface area contributed by atoms with Gasteiger partial charge in [-0.25, -0.2) is 0 Å². The summed E-state index contributed by atoms with van der Waals surface area (Å²) in [7, 11) is 1.45. The number of aromatic hydroxyl groups is 3. The molecule has 9 atom stereocenters. The van der Waals surface area contributed by atoms with Crippen molar-refractivity contribution in [1.82, 2.24) is 5.43 Å². The Kier molecular flexibility index (Phi) is 12.7. The van der Waals surface area contributed by atoms with Crippen molar-refractivity contribution < 1.29 is 58.9 Å². The number of nitrogens with zero attached hydrogens (tertiary/aromatic N) is 1. The molecule has 3 heterocycles. The maximum absolute atomic E-state index is 14.6. The summed E-state index contributed by atoms with van der Waals surface area (Å²) in [5, 5.41) is 65.8. The second-order valence-electron chi connectivity index (χ2n) is 19.2. The molecule has 342 valence electrons. The minimum Gasteiger partial charge on any atom is -0.507 e. The predicted octanol–water partition coefficient (Wildman–Crippen LogP) is 6.65. The van der Waals surface area contributed by atoms with Gasteiger partial charge in [0.15, 0.2) is 5.75 Å². The lowest BCUT2D eigenvalue weighted by molar-refractivity contribution is -0.160. The molecule has 63 heavy (non-hydrogen) atoms. The zero-order valence-electron chi connectivity index (χ0n) is 37.6. The van der Waals surface area contributed by atoms with Gasteiger partial charge >= 0.3 is 11.8 Å². The number of phenolic OH excluding ortho intramolecular Hbond substituents is 3. The summed E-state index contributed by atoms with van der Waals surface area (Å²) in [6.07, 6.45) is 11.5. The molecule has 0 radical (unpaired) electrons. The van der Waals surface area contributed by atoms with E-state index in [1.165, 1.54) is 71.8 Å². The van der Waals surface area contributed by atoms with Crippen LogP contribution in [0.5, 0.6) is 23.0 Å². The van der Waals surface area contributed by atoms with Crippen LogP contribution in [0.1, 0.15) is 108 Å². The summed E-state index contributed by atoms with van der Waals surface area (Å²) in [5.74, 6) is -6.40. The highest BCUT2D eigenvalue weighted by atomic mass is 16.7. The fraction of sp³-hybridized carbons (Fsp3) is 0.583. The second kappa shape index (κ2) is 17.5. The van der Waals surface area contributed by atoms with E-state index in [1.807, 2.05) is 0 Å². The van der Waals surface area contributed by atoms with Crippen molar-refractivity contribution in [1.29, 1.82) is 0 Å². The van der Waals surface area contributed by atoms with Crippen LogP contribution in [-0.4, -0.2) is 92.3 Å². The third-order valence-corrected chi connectivity index (χ3v) is 14.6. The van der Waals surface area contributed by atoms with Gasteiger partial charge in [0, 0.05) is 61.2 Å². The van der Waals surface area contributed by atoms with Crippen LogP contribution in [0.4, 0.5) is 5.69 Å². The van der Waals surface area contributed by atoms with E-state index in [1.54, 1.807) is 46.8 Å². The number of methoxy groups -OCH3 is 1. The van der Waals surface area contributed by atoms with E-state index >= 15 is 0 Å². The Morgan fingerprint density at radius 1 is 0.905 bits per heavy atom. The summed E-state index contributed by atoms with van der Waals surface area (Å²) < 4.78 is 23.7. The Labute approximate surface area is 368 Å². The number of ketones is 1. The van der Waals surface area contributed by atoms with E-state index in [2.05, 4.69) is 15.8 Å². The molecule has 15 nitrogen and oxygen atoms in total. The Morgan fingerprint density at radius 2 is 1.54 bits per heavy atom. The van der Waals surface area contributed by atoms with Crippen LogP contribution in [0.3, 0.4) is 0 Å². The molecule has 9 rings (SSSR count). The van der Waals surface area contributed by atoms with Crippen LogP contribution in [0.25, 0.3) is 10.8 Å². The molecule has 2 aromatic carbocycles. The van der Waals surface area contributed by atoms with E-state index in [4.69, 9.17) is 18.9 Å². The number of carbonyl (C=O) groups excluding carboxylic acids is 3. The first kappa shape index (κ1) is 45.9. The Hall–Kier alpha value is -5.12. The number of aliphatic hydroxyl groups excluding tert-OH is 2. The minimum absolute atomic E-state index is 0.0662. The van der Waals surface area contributed by atoms with Crippen molar-refractivity contribution in [3.63, 3.8) is 0 Å². The van der Waals surface area contributed by atoms with Gasteiger partial charge < -0.3 is 55.2 Å². The molecule has 7 aliphatic rings. The Morgan fingerprint density at radius 3 is 2.14 bits per heavy atom. The Bertz CT molecular complexity index is 2250. The average Bonchev–Trinajstić information content (AvgIpc) is 3.49. The molecule has 15 heteroatoms. The number of nitrogens with one attached hydrogen (secondary N) is 2. The van der Waals surface area contributed by atoms with E-state index < -0.39 is 88.8 Å². The van der Waals surface area contributed by atoms with Gasteiger partial charge in [0.25, 0.3) is 11.7 Å². The quantitative estimate of drug-likeness (QED) is 0.0550. The molecule has 1 amide bonds. The van der Waals surface area contributed by atoms with E-state index in [0.717, 1.165) is 19.3 Å². The molecular formula is C48H63N3O12. The zero-order chi connectivity index (χ0) is 45.9. The van der Waals surface area contributed by atoms with Gasteiger partial charge in [-0.2, -0.15) is 5.10 Å². The van der Waals surface area contributed by atoms with Crippen molar-refractivity contribution in [3.05, 3.63) is 52.8 Å². The van der Waals surface area contributed by atoms with Gasteiger partial charge in [-0.15, -0.1) is 0 Å². The summed E-state index contributed by atoms with van der Waals surface area (Å²) in [6.45, 7) is 12.6. The number of anilines is 1. The molecule has 0 unspecified atom stereocenters. The molecule has 3 aliphatic heterocycles. The molecule has 4 fully saturated rings. The van der Waals surface area contributed by atoms with Crippen molar-refractivity contribution >= 4 is 40.3 Å². The van der Waals surface area contributed by atoms with Crippen LogP contribution < -0.4 is 15.5 Å². The number of hydrogen-bond donors (Lipinski definition) is 7. The fourth-order valence-corrected chi connectivity index (χ4v) is 11.4. The van der Waals surface area contributed by atoms with Gasteiger partial charge in [0.1, 0.15) is 23.4 Å². The molecule has 2 aromatic rings. The SMILES string of the molecule is CO[C@H]1/C=C/O[C@@]2(C)Oc3c(C)c(O)c4c(O)c(c(/C=N/NC56CC7CC(CC(C7)C5)C6)c(O)c4c3C2=O)NC(=O)/C(C)=C\C=C\[C@@H](C)[C@H](O)[C@@H](C)[C@@H](O)[C@@H](C)[C@H](OC(C)=O)[C@@H]1C. The number of amides is 1. The number of allylic oxidation sites excluding steroid dienone is 2. The number of fused-ring (bicyclic) bond motifs is 14. The smallest absolute Gasteiger partial charge is 0.312 e. The monoisotopic (exact) mass is 873 g/mol. The molecule has 0 spiro atoms. The molecular weight excluding hydrogens is 811 g/mol. The number of benzene rings is 2. The van der Waals surface area contributed by atoms with Crippen LogP contribution in [0, 0.1) is 48.3 Å². The lowest BCUT2D eigenvalue weighted by atomic mass is 9.53. The highest BCUT2D eigenvalue weighted by molar-refractivity contribution is 6.23. The molecule has 7 N–H and O–H groups in total. The third-order valence-electron chi connectivity index (χ3n) is 14.6. The van der Waals surface area contributed by atoms with Crippen molar-refractivity contribution in [3.8, 4) is 23.0 Å². The highest BCUT2D eigenvalue weighted by Crippen LogP contribution is 2.57. The maximum atomic E-state index is 14.6. The van der Waals surface area contributed by atoms with E-state index in [9.17, 15) is 39.9 Å². The second-order valence-corrected chi connectivity index (χ2v) is 19.2. The predicted molar refractivity (Wildman–Crippen MR) is 235 cm³/mol. The van der Waals surface area contributed by atoms with Gasteiger partial charge in [-0.3, -0.25) is 14.4 Å².